The third-order valence-electron chi connectivity index (χ3n) is 4.73. The first-order valence-electron chi connectivity index (χ1n) is 8.69. The van der Waals surface area contributed by atoms with E-state index in [9.17, 15) is 4.79 Å². The molecular weight excluding hydrogens is 328 g/mol. The van der Waals surface area contributed by atoms with Crippen molar-refractivity contribution < 1.29 is 4.79 Å². The first-order valence-corrected chi connectivity index (χ1v) is 8.69. The maximum atomic E-state index is 12.5. The van der Waals surface area contributed by atoms with Gasteiger partial charge in [-0.3, -0.25) is 4.79 Å². The quantitative estimate of drug-likeness (QED) is 0.703. The molecule has 0 spiro atoms. The number of nitrogens with zero attached hydrogens (tertiary/aromatic N) is 4. The number of nitrogens with one attached hydrogen (secondary N) is 1. The number of rotatable bonds is 4. The van der Waals surface area contributed by atoms with E-state index < -0.39 is 0 Å². The Bertz CT molecular complexity index is 904. The zero-order chi connectivity index (χ0) is 17.9. The molecule has 0 saturated heterocycles. The summed E-state index contributed by atoms with van der Waals surface area (Å²) in [5.41, 5.74) is 10.9. The third-order valence-corrected chi connectivity index (χ3v) is 4.73. The fourth-order valence-electron chi connectivity index (χ4n) is 3.46. The first-order chi connectivity index (χ1) is 12.7. The summed E-state index contributed by atoms with van der Waals surface area (Å²) in [6, 6.07) is 13.7. The molecule has 3 N–H and O–H groups in total. The Hall–Kier alpha value is -3.22. The van der Waals surface area contributed by atoms with Gasteiger partial charge in [-0.1, -0.05) is 18.2 Å². The Morgan fingerprint density at radius 2 is 2.08 bits per heavy atom. The Labute approximate surface area is 151 Å². The van der Waals surface area contributed by atoms with Gasteiger partial charge in [0.1, 0.15) is 6.33 Å². The van der Waals surface area contributed by atoms with Crippen LogP contribution in [0.3, 0.4) is 0 Å². The number of amides is 1. The summed E-state index contributed by atoms with van der Waals surface area (Å²) >= 11 is 0. The van der Waals surface area contributed by atoms with Crippen molar-refractivity contribution in [3.05, 3.63) is 65.5 Å². The maximum absolute atomic E-state index is 12.5. The van der Waals surface area contributed by atoms with Gasteiger partial charge in [-0.2, -0.15) is 0 Å². The van der Waals surface area contributed by atoms with Crippen LogP contribution in [0.1, 0.15) is 35.6 Å². The van der Waals surface area contributed by atoms with Crippen LogP contribution in [0, 0.1) is 0 Å². The number of aromatic nitrogens is 4. The van der Waals surface area contributed by atoms with Gasteiger partial charge in [0.15, 0.2) is 0 Å². The van der Waals surface area contributed by atoms with Crippen LogP contribution in [0.25, 0.3) is 5.69 Å². The molecule has 132 valence electrons. The number of hydrogen-bond acceptors (Lipinski definition) is 5. The molecule has 26 heavy (non-hydrogen) atoms. The smallest absolute Gasteiger partial charge is 0.224 e. The lowest BCUT2D eigenvalue weighted by Crippen LogP contribution is -2.32. The second-order valence-corrected chi connectivity index (χ2v) is 6.57. The van der Waals surface area contributed by atoms with E-state index in [-0.39, 0.29) is 11.9 Å². The average molecular weight is 348 g/mol. The average Bonchev–Trinajstić information content (AvgIpc) is 3.17. The number of nitrogen functional groups attached to an aromatic ring is 1. The van der Waals surface area contributed by atoms with Crippen molar-refractivity contribution in [2.45, 2.75) is 31.7 Å². The van der Waals surface area contributed by atoms with Crippen molar-refractivity contribution in [2.75, 3.05) is 5.73 Å². The molecule has 0 fully saturated rings. The number of benzene rings is 2. The van der Waals surface area contributed by atoms with Crippen LogP contribution in [-0.4, -0.2) is 26.1 Å². The molecule has 0 radical (unpaired) electrons. The number of aryl methyl sites for hydroxylation is 1. The van der Waals surface area contributed by atoms with Gasteiger partial charge in [0.2, 0.25) is 5.91 Å². The van der Waals surface area contributed by atoms with Crippen molar-refractivity contribution in [3.8, 4) is 5.69 Å². The Kier molecular flexibility index (Phi) is 4.35. The number of fused-ring (bicyclic) bond motifs is 1. The minimum absolute atomic E-state index is 0.0230. The fraction of sp³-hybridized carbons (Fsp3) is 0.263. The highest BCUT2D eigenvalue weighted by molar-refractivity contribution is 5.79. The van der Waals surface area contributed by atoms with Gasteiger partial charge in [0.05, 0.1) is 18.2 Å². The number of carbonyl (C=O) groups excluding carboxylic acids is 1. The van der Waals surface area contributed by atoms with E-state index in [1.807, 2.05) is 42.5 Å². The van der Waals surface area contributed by atoms with Crippen molar-refractivity contribution in [1.82, 2.24) is 25.5 Å². The molecule has 1 heterocycles. The minimum atomic E-state index is 0.0230. The molecule has 1 amide bonds. The number of tetrazole rings is 1. The molecule has 0 bridgehead atoms. The molecule has 3 aromatic rings. The molecule has 1 aromatic heterocycles. The number of carbonyl (C=O) groups is 1. The third kappa shape index (κ3) is 3.42. The van der Waals surface area contributed by atoms with Crippen LogP contribution >= 0.6 is 0 Å². The maximum Gasteiger partial charge on any atom is 0.224 e. The highest BCUT2D eigenvalue weighted by Gasteiger charge is 2.21. The molecule has 0 saturated carbocycles. The lowest BCUT2D eigenvalue weighted by atomic mass is 9.87. The van der Waals surface area contributed by atoms with Crippen LogP contribution in [0.2, 0.25) is 0 Å². The summed E-state index contributed by atoms with van der Waals surface area (Å²) in [5.74, 6) is 0.0230. The van der Waals surface area contributed by atoms with Gasteiger partial charge in [-0.25, -0.2) is 4.68 Å². The van der Waals surface area contributed by atoms with Crippen LogP contribution in [0.5, 0.6) is 0 Å². The zero-order valence-corrected chi connectivity index (χ0v) is 14.3. The van der Waals surface area contributed by atoms with Gasteiger partial charge >= 0.3 is 0 Å². The van der Waals surface area contributed by atoms with Gasteiger partial charge in [-0.05, 0) is 70.6 Å². The first kappa shape index (κ1) is 16.3. The Morgan fingerprint density at radius 1 is 1.23 bits per heavy atom. The number of nitrogens with two attached hydrogens (primary N) is 1. The van der Waals surface area contributed by atoms with Gasteiger partial charge in [0.25, 0.3) is 0 Å². The predicted molar refractivity (Wildman–Crippen MR) is 97.5 cm³/mol. The standard InChI is InChI=1S/C19H20N6O/c20-15-6-9-17-14(11-15)2-1-3-18(17)22-19(26)10-13-4-7-16(8-5-13)25-12-21-23-24-25/h4-9,11-12,18H,1-3,10,20H2,(H,22,26). The van der Waals surface area contributed by atoms with Crippen molar-refractivity contribution in [2.24, 2.45) is 0 Å². The predicted octanol–water partition coefficient (Wildman–Crippen LogP) is 1.98. The van der Waals surface area contributed by atoms with E-state index in [4.69, 9.17) is 5.73 Å². The highest BCUT2D eigenvalue weighted by Crippen LogP contribution is 2.31. The molecule has 0 aliphatic heterocycles. The molecule has 1 atom stereocenters. The molecule has 4 rings (SSSR count). The van der Waals surface area contributed by atoms with Crippen LogP contribution in [-0.2, 0) is 17.6 Å². The number of hydrogen-bond donors (Lipinski definition) is 2. The van der Waals surface area contributed by atoms with E-state index in [1.165, 1.54) is 17.5 Å². The van der Waals surface area contributed by atoms with E-state index in [2.05, 4.69) is 20.8 Å². The zero-order valence-electron chi connectivity index (χ0n) is 14.3. The molecule has 2 aromatic carbocycles. The van der Waals surface area contributed by atoms with E-state index in [0.717, 1.165) is 36.2 Å². The van der Waals surface area contributed by atoms with Crippen molar-refractivity contribution in [1.29, 1.82) is 0 Å². The van der Waals surface area contributed by atoms with E-state index in [0.29, 0.717) is 6.42 Å². The Balaban J connectivity index is 1.42. The fourth-order valence-corrected chi connectivity index (χ4v) is 3.46. The summed E-state index contributed by atoms with van der Waals surface area (Å²) in [4.78, 5) is 12.5. The van der Waals surface area contributed by atoms with Gasteiger partial charge in [-0.15, -0.1) is 5.10 Å². The van der Waals surface area contributed by atoms with E-state index in [1.54, 1.807) is 4.68 Å². The Morgan fingerprint density at radius 3 is 2.85 bits per heavy atom. The summed E-state index contributed by atoms with van der Waals surface area (Å²) in [7, 11) is 0. The second kappa shape index (κ2) is 6.95. The normalized spacial score (nSPS) is 16.1. The van der Waals surface area contributed by atoms with Crippen LogP contribution in [0.4, 0.5) is 5.69 Å². The van der Waals surface area contributed by atoms with Crippen LogP contribution < -0.4 is 11.1 Å². The molecule has 1 unspecified atom stereocenters. The summed E-state index contributed by atoms with van der Waals surface area (Å²) < 4.78 is 1.58. The molecule has 7 nitrogen and oxygen atoms in total. The second-order valence-electron chi connectivity index (χ2n) is 6.57. The SMILES string of the molecule is Nc1ccc2c(c1)CCCC2NC(=O)Cc1ccc(-n2cnnn2)cc1. The van der Waals surface area contributed by atoms with Crippen molar-refractivity contribution >= 4 is 11.6 Å². The monoisotopic (exact) mass is 348 g/mol. The molecule has 7 heteroatoms. The summed E-state index contributed by atoms with van der Waals surface area (Å²) in [5, 5.41) is 14.3. The van der Waals surface area contributed by atoms with Gasteiger partial charge in [0, 0.05) is 5.69 Å². The largest absolute Gasteiger partial charge is 0.399 e. The topological polar surface area (TPSA) is 98.7 Å². The molecule has 1 aliphatic rings. The van der Waals surface area contributed by atoms with Gasteiger partial charge < -0.3 is 11.1 Å². The van der Waals surface area contributed by atoms with Crippen LogP contribution in [0.15, 0.2) is 48.8 Å². The summed E-state index contributed by atoms with van der Waals surface area (Å²) in [6.07, 6.45) is 4.92. The number of anilines is 1. The lowest BCUT2D eigenvalue weighted by molar-refractivity contribution is -0.121. The molecular formula is C19H20N6O. The minimum Gasteiger partial charge on any atom is -0.399 e. The van der Waals surface area contributed by atoms with Crippen molar-refractivity contribution in [3.63, 3.8) is 0 Å². The molecule has 1 aliphatic carbocycles. The lowest BCUT2D eigenvalue weighted by Gasteiger charge is -2.26. The summed E-state index contributed by atoms with van der Waals surface area (Å²) in [6.45, 7) is 0. The van der Waals surface area contributed by atoms with E-state index >= 15 is 0 Å². The highest BCUT2D eigenvalue weighted by atomic mass is 16.1.